The first kappa shape index (κ1) is 12.5. The summed E-state index contributed by atoms with van der Waals surface area (Å²) in [4.78, 5) is 3.92. The predicted octanol–water partition coefficient (Wildman–Crippen LogP) is 0.173. The molecule has 0 fully saturated rings. The number of nitrogens with zero attached hydrogens (tertiary/aromatic N) is 2. The lowest BCUT2D eigenvalue weighted by Crippen LogP contribution is -2.26. The van der Waals surface area contributed by atoms with Crippen molar-refractivity contribution in [1.82, 2.24) is 14.9 Å². The van der Waals surface area contributed by atoms with Crippen molar-refractivity contribution in [2.24, 2.45) is 0 Å². The molecule has 0 saturated heterocycles. The maximum atomic E-state index is 11.9. The Balaban J connectivity index is 1.99. The summed E-state index contributed by atoms with van der Waals surface area (Å²) in [5.74, 6) is 0.380. The van der Waals surface area contributed by atoms with Gasteiger partial charge in [-0.2, -0.15) is 4.98 Å². The Bertz CT molecular complexity index is 610. The first-order valence-corrected chi connectivity index (χ1v) is 6.67. The maximum Gasteiger partial charge on any atom is 0.240 e. The van der Waals surface area contributed by atoms with Gasteiger partial charge in [0.15, 0.2) is 6.33 Å². The molecule has 0 unspecified atom stereocenters. The van der Waals surface area contributed by atoms with Gasteiger partial charge in [0.1, 0.15) is 0 Å². The lowest BCUT2D eigenvalue weighted by molar-refractivity contribution is 0.377. The summed E-state index contributed by atoms with van der Waals surface area (Å²) in [6, 6.07) is 6.08. The average molecular weight is 268 g/mol. The Morgan fingerprint density at radius 1 is 1.39 bits per heavy atom. The van der Waals surface area contributed by atoms with E-state index in [0.29, 0.717) is 18.0 Å². The number of nitrogen functional groups attached to an aromatic ring is 1. The summed E-state index contributed by atoms with van der Waals surface area (Å²) in [5.41, 5.74) is 5.93. The molecular weight excluding hydrogens is 256 g/mol. The van der Waals surface area contributed by atoms with Crippen LogP contribution in [-0.2, 0) is 16.4 Å². The van der Waals surface area contributed by atoms with Crippen molar-refractivity contribution >= 4 is 15.7 Å². The standard InChI is InChI=1S/C10H12N4O3S/c11-8-2-1-3-9(6-8)18(15,16)14-5-4-10-12-7-13-17-10/h1-3,6-7,14H,4-5,11H2. The molecule has 96 valence electrons. The number of nitrogens with two attached hydrogens (primary N) is 1. The Kier molecular flexibility index (Phi) is 3.58. The van der Waals surface area contributed by atoms with Gasteiger partial charge < -0.3 is 10.3 Å². The molecule has 0 saturated carbocycles. The van der Waals surface area contributed by atoms with Crippen LogP contribution in [0.2, 0.25) is 0 Å². The molecule has 0 atom stereocenters. The SMILES string of the molecule is Nc1cccc(S(=O)(=O)NCCc2ncno2)c1. The molecule has 7 nitrogen and oxygen atoms in total. The zero-order valence-electron chi connectivity index (χ0n) is 9.41. The minimum Gasteiger partial charge on any atom is -0.399 e. The molecule has 2 rings (SSSR count). The van der Waals surface area contributed by atoms with Gasteiger partial charge in [0.25, 0.3) is 0 Å². The van der Waals surface area contributed by atoms with Crippen LogP contribution in [0, 0.1) is 0 Å². The van der Waals surface area contributed by atoms with E-state index in [1.54, 1.807) is 12.1 Å². The fourth-order valence-electron chi connectivity index (χ4n) is 1.36. The number of sulfonamides is 1. The van der Waals surface area contributed by atoms with E-state index in [9.17, 15) is 8.42 Å². The summed E-state index contributed by atoms with van der Waals surface area (Å²) in [7, 11) is -3.56. The van der Waals surface area contributed by atoms with Crippen molar-refractivity contribution in [3.63, 3.8) is 0 Å². The average Bonchev–Trinajstić information content (AvgIpc) is 2.82. The maximum absolute atomic E-state index is 11.9. The van der Waals surface area contributed by atoms with Crippen molar-refractivity contribution in [3.8, 4) is 0 Å². The predicted molar refractivity (Wildman–Crippen MR) is 64.0 cm³/mol. The number of nitrogens with one attached hydrogen (secondary N) is 1. The zero-order chi connectivity index (χ0) is 13.0. The molecule has 3 N–H and O–H groups in total. The monoisotopic (exact) mass is 268 g/mol. The summed E-state index contributed by atoms with van der Waals surface area (Å²) < 4.78 is 30.9. The minimum absolute atomic E-state index is 0.132. The second kappa shape index (κ2) is 5.15. The molecule has 0 aliphatic carbocycles. The topological polar surface area (TPSA) is 111 Å². The van der Waals surface area contributed by atoms with Crippen LogP contribution in [0.4, 0.5) is 5.69 Å². The quantitative estimate of drug-likeness (QED) is 0.748. The third-order valence-electron chi connectivity index (χ3n) is 2.21. The van der Waals surface area contributed by atoms with Crippen LogP contribution in [0.25, 0.3) is 0 Å². The van der Waals surface area contributed by atoms with Gasteiger partial charge in [-0.05, 0) is 18.2 Å². The van der Waals surface area contributed by atoms with Gasteiger partial charge in [0.05, 0.1) is 4.90 Å². The van der Waals surface area contributed by atoms with E-state index in [0.717, 1.165) is 0 Å². The van der Waals surface area contributed by atoms with Crippen molar-refractivity contribution in [3.05, 3.63) is 36.5 Å². The molecule has 0 aliphatic heterocycles. The van der Waals surface area contributed by atoms with Gasteiger partial charge in [0.2, 0.25) is 15.9 Å². The molecular formula is C10H12N4O3S. The minimum atomic E-state index is -3.56. The van der Waals surface area contributed by atoms with Crippen molar-refractivity contribution < 1.29 is 12.9 Å². The van der Waals surface area contributed by atoms with Gasteiger partial charge in [0, 0.05) is 18.7 Å². The van der Waals surface area contributed by atoms with Crippen molar-refractivity contribution in [2.45, 2.75) is 11.3 Å². The molecule has 0 spiro atoms. The van der Waals surface area contributed by atoms with Crippen LogP contribution in [0.5, 0.6) is 0 Å². The van der Waals surface area contributed by atoms with Gasteiger partial charge in [-0.3, -0.25) is 0 Å². The van der Waals surface area contributed by atoms with Gasteiger partial charge in [-0.1, -0.05) is 11.2 Å². The number of hydrogen-bond donors (Lipinski definition) is 2. The summed E-state index contributed by atoms with van der Waals surface area (Å²) in [6.45, 7) is 0.180. The van der Waals surface area contributed by atoms with Crippen LogP contribution in [0.1, 0.15) is 5.89 Å². The van der Waals surface area contributed by atoms with E-state index in [2.05, 4.69) is 14.9 Å². The first-order valence-electron chi connectivity index (χ1n) is 5.19. The smallest absolute Gasteiger partial charge is 0.240 e. The Morgan fingerprint density at radius 2 is 2.22 bits per heavy atom. The fraction of sp³-hybridized carbons (Fsp3) is 0.200. The Hall–Kier alpha value is -1.93. The second-order valence-corrected chi connectivity index (χ2v) is 5.32. The van der Waals surface area contributed by atoms with Crippen molar-refractivity contribution in [1.29, 1.82) is 0 Å². The highest BCUT2D eigenvalue weighted by Gasteiger charge is 2.13. The number of aromatic nitrogens is 2. The van der Waals surface area contributed by atoms with E-state index in [4.69, 9.17) is 10.3 Å². The number of rotatable bonds is 5. The fourth-order valence-corrected chi connectivity index (χ4v) is 2.45. The largest absolute Gasteiger partial charge is 0.399 e. The molecule has 2 aromatic rings. The van der Waals surface area contributed by atoms with Crippen molar-refractivity contribution in [2.75, 3.05) is 12.3 Å². The highest BCUT2D eigenvalue weighted by molar-refractivity contribution is 7.89. The third kappa shape index (κ3) is 3.05. The van der Waals surface area contributed by atoms with Gasteiger partial charge >= 0.3 is 0 Å². The second-order valence-electron chi connectivity index (χ2n) is 3.56. The van der Waals surface area contributed by atoms with Crippen LogP contribution in [-0.4, -0.2) is 25.1 Å². The van der Waals surface area contributed by atoms with E-state index >= 15 is 0 Å². The van der Waals surface area contributed by atoms with E-state index in [-0.39, 0.29) is 11.4 Å². The van der Waals surface area contributed by atoms with Gasteiger partial charge in [-0.15, -0.1) is 0 Å². The molecule has 1 heterocycles. The van der Waals surface area contributed by atoms with Crippen LogP contribution in [0.3, 0.4) is 0 Å². The molecule has 8 heteroatoms. The molecule has 0 aliphatic rings. The number of benzene rings is 1. The Labute approximate surface area is 104 Å². The molecule has 1 aromatic heterocycles. The number of hydrogen-bond acceptors (Lipinski definition) is 6. The molecule has 1 aromatic carbocycles. The Morgan fingerprint density at radius 3 is 2.89 bits per heavy atom. The van der Waals surface area contributed by atoms with E-state index in [1.165, 1.54) is 18.5 Å². The van der Waals surface area contributed by atoms with Crippen LogP contribution >= 0.6 is 0 Å². The normalized spacial score (nSPS) is 11.6. The first-order chi connectivity index (χ1) is 8.58. The lowest BCUT2D eigenvalue weighted by Gasteiger charge is -2.05. The lowest BCUT2D eigenvalue weighted by atomic mass is 10.3. The van der Waals surface area contributed by atoms with E-state index < -0.39 is 10.0 Å². The zero-order valence-corrected chi connectivity index (χ0v) is 10.2. The molecule has 18 heavy (non-hydrogen) atoms. The molecule has 0 bridgehead atoms. The third-order valence-corrected chi connectivity index (χ3v) is 3.66. The van der Waals surface area contributed by atoms with E-state index in [1.807, 2.05) is 0 Å². The summed E-state index contributed by atoms with van der Waals surface area (Å²) >= 11 is 0. The van der Waals surface area contributed by atoms with Gasteiger partial charge in [-0.25, -0.2) is 13.1 Å². The van der Waals surface area contributed by atoms with Crippen LogP contribution < -0.4 is 10.5 Å². The molecule has 0 amide bonds. The number of anilines is 1. The molecule has 0 radical (unpaired) electrons. The summed E-state index contributed by atoms with van der Waals surface area (Å²) in [5, 5.41) is 3.43. The highest BCUT2D eigenvalue weighted by atomic mass is 32.2. The van der Waals surface area contributed by atoms with Crippen LogP contribution in [0.15, 0.2) is 40.0 Å². The highest BCUT2D eigenvalue weighted by Crippen LogP contribution is 2.12. The summed E-state index contributed by atoms with van der Waals surface area (Å²) in [6.07, 6.45) is 1.60.